The summed E-state index contributed by atoms with van der Waals surface area (Å²) in [5, 5.41) is 17.9. The van der Waals surface area contributed by atoms with Gasteiger partial charge in [0.15, 0.2) is 6.10 Å². The third kappa shape index (κ3) is 18.7. The number of fused-ring (bicyclic) bond motifs is 5. The first-order valence-electron chi connectivity index (χ1n) is 27.1. The Balaban J connectivity index is 0.000000575. The molecular weight excluding hydrogens is 1070 g/mol. The Morgan fingerprint density at radius 2 is 1.68 bits per heavy atom. The molecule has 0 aromatic heterocycles. The number of nitrogens with one attached hydrogen (secondary N) is 2. The zero-order chi connectivity index (χ0) is 58.0. The largest absolute Gasteiger partial charge is 0.457 e. The molecule has 5 aliphatic heterocycles. The molecular formula is C55H80ClN5O17S. The third-order valence-electron chi connectivity index (χ3n) is 14.2. The van der Waals surface area contributed by atoms with Gasteiger partial charge in [0.25, 0.3) is 5.91 Å². The molecule has 0 radical (unpaired) electrons. The van der Waals surface area contributed by atoms with Gasteiger partial charge in [-0.15, -0.1) is 11.8 Å². The van der Waals surface area contributed by atoms with E-state index in [4.69, 9.17) is 49.6 Å². The van der Waals surface area contributed by atoms with E-state index >= 15 is 0 Å². The highest BCUT2D eigenvalue weighted by Gasteiger charge is 2.64. The number of rotatable bonds is 22. The molecule has 0 aliphatic carbocycles. The lowest BCUT2D eigenvalue weighted by Crippen LogP contribution is -2.60. The van der Waals surface area contributed by atoms with Gasteiger partial charge in [-0.25, -0.2) is 14.4 Å². The number of likely N-dealkylation sites (tertiary alicyclic amines) is 1. The summed E-state index contributed by atoms with van der Waals surface area (Å²) in [6, 6.07) is 3.83. The number of hydroxylamine groups is 2. The van der Waals surface area contributed by atoms with Gasteiger partial charge in [0.05, 0.1) is 81.1 Å². The van der Waals surface area contributed by atoms with E-state index in [0.29, 0.717) is 62.2 Å². The number of aryl methyl sites for hydroxylation is 1. The number of benzene rings is 1. The summed E-state index contributed by atoms with van der Waals surface area (Å²) in [5.74, 6) is -3.04. The first kappa shape index (κ1) is 64.7. The van der Waals surface area contributed by atoms with E-state index in [1.54, 1.807) is 20.9 Å². The van der Waals surface area contributed by atoms with Crippen LogP contribution in [0.25, 0.3) is 0 Å². The van der Waals surface area contributed by atoms with Crippen LogP contribution in [0.15, 0.2) is 35.9 Å². The number of ether oxygens (including phenoxy) is 7. The smallest absolute Gasteiger partial charge is 0.409 e. The van der Waals surface area contributed by atoms with Crippen LogP contribution in [0, 0.1) is 18.8 Å². The number of epoxide rings is 1. The van der Waals surface area contributed by atoms with Crippen LogP contribution in [0.2, 0.25) is 5.02 Å². The molecule has 22 nitrogen and oxygen atoms in total. The van der Waals surface area contributed by atoms with Crippen LogP contribution in [0.1, 0.15) is 105 Å². The maximum absolute atomic E-state index is 14.1. The molecule has 9 atom stereocenters. The van der Waals surface area contributed by atoms with Gasteiger partial charge in [0.1, 0.15) is 23.5 Å². The second-order valence-corrected chi connectivity index (χ2v) is 22.1. The number of amides is 6. The summed E-state index contributed by atoms with van der Waals surface area (Å²) in [6.07, 6.45) is 3.13. The lowest BCUT2D eigenvalue weighted by atomic mass is 9.82. The number of esters is 1. The molecule has 1 aromatic carbocycles. The number of hydrogen-bond donors (Lipinski definition) is 3. The van der Waals surface area contributed by atoms with Gasteiger partial charge >= 0.3 is 18.0 Å². The molecule has 24 heteroatoms. The average Bonchev–Trinajstić information content (AvgIpc) is 3.92. The molecule has 5 heterocycles. The van der Waals surface area contributed by atoms with Crippen LogP contribution in [-0.2, 0) is 78.0 Å². The van der Waals surface area contributed by atoms with E-state index < -0.39 is 70.9 Å². The van der Waals surface area contributed by atoms with Gasteiger partial charge in [-0.05, 0) is 71.6 Å². The highest BCUT2D eigenvalue weighted by Crippen LogP contribution is 2.49. The Morgan fingerprint density at radius 3 is 2.39 bits per heavy atom. The number of anilines is 1. The van der Waals surface area contributed by atoms with Crippen LogP contribution in [-0.4, -0.2) is 182 Å². The van der Waals surface area contributed by atoms with Gasteiger partial charge in [-0.1, -0.05) is 55.3 Å². The van der Waals surface area contributed by atoms with Crippen molar-refractivity contribution in [1.29, 1.82) is 0 Å². The van der Waals surface area contributed by atoms with Crippen LogP contribution >= 0.6 is 23.4 Å². The molecule has 0 saturated carbocycles. The monoisotopic (exact) mass is 1150 g/mol. The standard InChI is InChI=1S/C44H61ClN4O12S.C11H19NO5/c1-9-46-35(50)13-14-49-37(52)22-33(40(49)53)62-18-17-57-15-16-58-29(6)41(54)60-34-23-36(51)48(8)31-21-30(20-26(3)38(31)45)19-25(2)11-10-12-27(4)44(56)24-32(59-42(55)47-44)28(5)39-43(34,7)61-39;1-2-15-8-9-16-7-5-11(14)17-12-6-3-4-10(12)13/h10-12,20-21,27-29,32-34,39,56H,9,13-19,22-24H2,1-8H3,(H,46,50)(H,47,55);2-9H2,1H3/b12-10+,25-11+;/t27-,28-,29+,32?,33?,34+,39+,43+,44+;/m1./s1. The summed E-state index contributed by atoms with van der Waals surface area (Å²) in [5.41, 5.74) is 0.430. The Kier molecular flexibility index (Phi) is 25.1. The van der Waals surface area contributed by atoms with Crippen molar-refractivity contribution < 1.29 is 81.5 Å². The van der Waals surface area contributed by atoms with Crippen LogP contribution < -0.4 is 15.5 Å². The van der Waals surface area contributed by atoms with Crippen molar-refractivity contribution in [3.63, 3.8) is 0 Å². The van der Waals surface area contributed by atoms with Crippen molar-refractivity contribution in [2.24, 2.45) is 11.8 Å². The lowest BCUT2D eigenvalue weighted by molar-refractivity contribution is -0.193. The van der Waals surface area contributed by atoms with Crippen LogP contribution in [0.3, 0.4) is 0 Å². The van der Waals surface area contributed by atoms with Crippen molar-refractivity contribution in [1.82, 2.24) is 20.6 Å². The molecule has 79 heavy (non-hydrogen) atoms. The van der Waals surface area contributed by atoms with E-state index in [-0.39, 0.29) is 94.6 Å². The zero-order valence-electron chi connectivity index (χ0n) is 47.0. The van der Waals surface area contributed by atoms with Gasteiger partial charge in [0, 0.05) is 70.0 Å². The number of alkyl carbamates (subject to hydrolysis) is 1. The topological polar surface area (TPSA) is 268 Å². The SMILES string of the molecule is CCNC(=O)CCN1C(=O)CC(SCCOCCO[C@@H](C)C(=O)O[C@H]2CC(=O)N(C)c3cc(cc(C)c3Cl)C/C(C)=C/C=C/[C@@H](C)[C@@]3(O)CC(OC(=O)N3)[C@@H](C)[C@@H]3O[C@@]23C)C1=O.CCOCCOCCC(=O)ON1CCCC1=O. The fraction of sp³-hybridized carbons (Fsp3) is 0.673. The molecule has 6 amide bonds. The summed E-state index contributed by atoms with van der Waals surface area (Å²) >= 11 is 8.09. The quantitative estimate of drug-likeness (QED) is 0.0603. The molecule has 440 valence electrons. The van der Waals surface area contributed by atoms with Crippen molar-refractivity contribution in [3.05, 3.63) is 52.1 Å². The number of allylic oxidation sites excluding steroid dienone is 3. The predicted molar refractivity (Wildman–Crippen MR) is 291 cm³/mol. The van der Waals surface area contributed by atoms with Crippen molar-refractivity contribution in [2.75, 3.05) is 83.6 Å². The van der Waals surface area contributed by atoms with Crippen LogP contribution in [0.4, 0.5) is 10.5 Å². The molecule has 0 spiro atoms. The van der Waals surface area contributed by atoms with Crippen molar-refractivity contribution >= 4 is 76.6 Å². The molecule has 1 aromatic rings. The fourth-order valence-electron chi connectivity index (χ4n) is 9.41. The highest BCUT2D eigenvalue weighted by atomic mass is 35.5. The zero-order valence-corrected chi connectivity index (χ0v) is 48.5. The van der Waals surface area contributed by atoms with Gasteiger partial charge in [-0.2, -0.15) is 5.06 Å². The van der Waals surface area contributed by atoms with Crippen molar-refractivity contribution in [2.45, 2.75) is 148 Å². The van der Waals surface area contributed by atoms with E-state index in [2.05, 4.69) is 10.6 Å². The molecule has 3 N–H and O–H groups in total. The maximum Gasteiger partial charge on any atom is 0.409 e. The number of imide groups is 1. The number of aliphatic hydroxyl groups is 1. The van der Waals surface area contributed by atoms with Gasteiger partial charge < -0.3 is 53.3 Å². The molecule has 2 unspecified atom stereocenters. The van der Waals surface area contributed by atoms with E-state index in [1.165, 1.54) is 23.6 Å². The van der Waals surface area contributed by atoms with Gasteiger partial charge in [-0.3, -0.25) is 34.2 Å². The highest BCUT2D eigenvalue weighted by molar-refractivity contribution is 8.00. The summed E-state index contributed by atoms with van der Waals surface area (Å²) in [7, 11) is 1.62. The van der Waals surface area contributed by atoms with E-state index in [0.717, 1.165) is 33.1 Å². The predicted octanol–water partition coefficient (Wildman–Crippen LogP) is 4.91. The molecule has 6 rings (SSSR count). The lowest BCUT2D eigenvalue weighted by Gasteiger charge is -2.41. The second kappa shape index (κ2) is 30.6. The molecule has 4 bridgehead atoms. The Bertz CT molecular complexity index is 2390. The van der Waals surface area contributed by atoms with Crippen LogP contribution in [0.5, 0.6) is 0 Å². The van der Waals surface area contributed by atoms with E-state index in [9.17, 15) is 43.5 Å². The Morgan fingerprint density at radius 1 is 0.962 bits per heavy atom. The minimum Gasteiger partial charge on any atom is -0.457 e. The minimum atomic E-state index is -1.62. The third-order valence-corrected chi connectivity index (χ3v) is 15.9. The molecule has 4 fully saturated rings. The summed E-state index contributed by atoms with van der Waals surface area (Å²) in [4.78, 5) is 107. The van der Waals surface area contributed by atoms with Gasteiger partial charge in [0.2, 0.25) is 23.6 Å². The van der Waals surface area contributed by atoms with Crippen molar-refractivity contribution in [3.8, 4) is 0 Å². The average molecular weight is 1150 g/mol. The van der Waals surface area contributed by atoms with E-state index in [1.807, 2.05) is 65.0 Å². The number of carbonyl (C=O) groups is 8. The Hall–Kier alpha value is -5.14. The fourth-order valence-corrected chi connectivity index (χ4v) is 10.7. The number of hydrogen-bond acceptors (Lipinski definition) is 18. The minimum absolute atomic E-state index is 0.0373. The summed E-state index contributed by atoms with van der Waals surface area (Å²) < 4.78 is 39.7. The number of halogens is 1. The second-order valence-electron chi connectivity index (χ2n) is 20.4. The Labute approximate surface area is 472 Å². The normalized spacial score (nSPS) is 27.7. The summed E-state index contributed by atoms with van der Waals surface area (Å²) in [6.45, 7) is 17.8. The number of carbonyl (C=O) groups excluding carboxylic acids is 8. The number of nitrogens with zero attached hydrogens (tertiary/aromatic N) is 3. The first-order chi connectivity index (χ1) is 37.5. The molecule has 4 saturated heterocycles. The maximum atomic E-state index is 14.1. The first-order valence-corrected chi connectivity index (χ1v) is 28.5. The molecule has 5 aliphatic rings. The number of thioether (sulfide) groups is 1.